The van der Waals surface area contributed by atoms with Crippen LogP contribution in [0, 0.1) is 0 Å². The van der Waals surface area contributed by atoms with Crippen LogP contribution in [0.5, 0.6) is 11.5 Å². The lowest BCUT2D eigenvalue weighted by Gasteiger charge is -2.11. The van der Waals surface area contributed by atoms with E-state index in [1.165, 1.54) is 0 Å². The smallest absolute Gasteiger partial charge is 0.241 e. The summed E-state index contributed by atoms with van der Waals surface area (Å²) in [4.78, 5) is 11.9. The van der Waals surface area contributed by atoms with E-state index in [4.69, 9.17) is 9.47 Å². The van der Waals surface area contributed by atoms with Crippen LogP contribution in [-0.4, -0.2) is 25.3 Å². The van der Waals surface area contributed by atoms with Crippen LogP contribution < -0.4 is 20.1 Å². The number of rotatable bonds is 2. The summed E-state index contributed by atoms with van der Waals surface area (Å²) in [7, 11) is 0. The Bertz CT molecular complexity index is 447. The van der Waals surface area contributed by atoms with Crippen molar-refractivity contribution < 1.29 is 14.3 Å². The van der Waals surface area contributed by atoms with Gasteiger partial charge < -0.3 is 20.1 Å². The summed E-state index contributed by atoms with van der Waals surface area (Å²) in [6, 6.07) is 5.34. The number of nitrogens with one attached hydrogen (secondary N) is 2. The molecular formula is C12H15ClN2O3. The van der Waals surface area contributed by atoms with Gasteiger partial charge in [0.25, 0.3) is 0 Å². The van der Waals surface area contributed by atoms with Gasteiger partial charge in [0.1, 0.15) is 0 Å². The number of ether oxygens (including phenoxy) is 2. The average molecular weight is 271 g/mol. The molecule has 0 spiro atoms. The second-order valence-corrected chi connectivity index (χ2v) is 4.21. The van der Waals surface area contributed by atoms with Gasteiger partial charge in [-0.05, 0) is 31.5 Å². The molecule has 2 heterocycles. The molecule has 1 atom stereocenters. The lowest BCUT2D eigenvalue weighted by Crippen LogP contribution is -2.35. The third-order valence-corrected chi connectivity index (χ3v) is 3.02. The molecule has 3 rings (SSSR count). The fourth-order valence-electron chi connectivity index (χ4n) is 2.11. The van der Waals surface area contributed by atoms with Crippen molar-refractivity contribution in [2.45, 2.75) is 18.9 Å². The van der Waals surface area contributed by atoms with Crippen LogP contribution in [0.3, 0.4) is 0 Å². The molecule has 0 bridgehead atoms. The number of anilines is 1. The van der Waals surface area contributed by atoms with Crippen LogP contribution in [0.1, 0.15) is 12.8 Å². The molecule has 1 saturated heterocycles. The topological polar surface area (TPSA) is 59.6 Å². The molecule has 2 N–H and O–H groups in total. The first-order valence-corrected chi connectivity index (χ1v) is 5.77. The molecule has 0 saturated carbocycles. The summed E-state index contributed by atoms with van der Waals surface area (Å²) in [5.41, 5.74) is 0.743. The van der Waals surface area contributed by atoms with Gasteiger partial charge >= 0.3 is 0 Å². The molecule has 2 aliphatic heterocycles. The van der Waals surface area contributed by atoms with E-state index in [-0.39, 0.29) is 31.1 Å². The average Bonchev–Trinajstić information content (AvgIpc) is 2.99. The molecule has 0 radical (unpaired) electrons. The van der Waals surface area contributed by atoms with Crippen molar-refractivity contribution in [3.63, 3.8) is 0 Å². The number of amides is 1. The minimum absolute atomic E-state index is 0. The number of fused-ring (bicyclic) bond motifs is 1. The molecule has 5 nitrogen and oxygen atoms in total. The first-order chi connectivity index (χ1) is 8.33. The largest absolute Gasteiger partial charge is 0.454 e. The number of carbonyl (C=O) groups is 1. The van der Waals surface area contributed by atoms with Crippen molar-refractivity contribution in [3.05, 3.63) is 18.2 Å². The molecule has 1 aromatic rings. The molecule has 1 aromatic carbocycles. The first-order valence-electron chi connectivity index (χ1n) is 5.77. The van der Waals surface area contributed by atoms with Crippen LogP contribution in [0.15, 0.2) is 18.2 Å². The van der Waals surface area contributed by atoms with Crippen molar-refractivity contribution in [2.24, 2.45) is 0 Å². The number of hydrogen-bond acceptors (Lipinski definition) is 4. The number of benzene rings is 1. The van der Waals surface area contributed by atoms with Gasteiger partial charge in [0.15, 0.2) is 11.5 Å². The van der Waals surface area contributed by atoms with Crippen molar-refractivity contribution >= 4 is 24.0 Å². The van der Waals surface area contributed by atoms with Gasteiger partial charge in [0, 0.05) is 11.8 Å². The number of hydrogen-bond donors (Lipinski definition) is 2. The zero-order valence-electron chi connectivity index (χ0n) is 9.77. The van der Waals surface area contributed by atoms with Gasteiger partial charge in [-0.15, -0.1) is 12.4 Å². The predicted octanol–water partition coefficient (Wildman–Crippen LogP) is 1.53. The second kappa shape index (κ2) is 5.46. The van der Waals surface area contributed by atoms with E-state index in [1.807, 2.05) is 6.07 Å². The van der Waals surface area contributed by atoms with Gasteiger partial charge in [-0.2, -0.15) is 0 Å². The monoisotopic (exact) mass is 270 g/mol. The predicted molar refractivity (Wildman–Crippen MR) is 69.5 cm³/mol. The molecule has 1 amide bonds. The van der Waals surface area contributed by atoms with E-state index in [1.54, 1.807) is 12.1 Å². The Morgan fingerprint density at radius 1 is 1.33 bits per heavy atom. The molecule has 1 unspecified atom stereocenters. The summed E-state index contributed by atoms with van der Waals surface area (Å²) >= 11 is 0. The van der Waals surface area contributed by atoms with Crippen LogP contribution in [0.25, 0.3) is 0 Å². The van der Waals surface area contributed by atoms with Gasteiger partial charge in [0.05, 0.1) is 6.04 Å². The fraction of sp³-hybridized carbons (Fsp3) is 0.417. The van der Waals surface area contributed by atoms with Gasteiger partial charge in [-0.1, -0.05) is 0 Å². The Balaban J connectivity index is 0.00000120. The lowest BCUT2D eigenvalue weighted by atomic mass is 10.2. The van der Waals surface area contributed by atoms with Crippen LogP contribution >= 0.6 is 12.4 Å². The standard InChI is InChI=1S/C12H14N2O3.ClH/c15-12(9-2-1-5-13-9)14-8-3-4-10-11(6-8)17-7-16-10;/h3-4,6,9,13H,1-2,5,7H2,(H,14,15);1H. The van der Waals surface area contributed by atoms with Gasteiger partial charge in [-0.3, -0.25) is 4.79 Å². The normalized spacial score (nSPS) is 20.3. The highest BCUT2D eigenvalue weighted by atomic mass is 35.5. The summed E-state index contributed by atoms with van der Waals surface area (Å²) < 4.78 is 10.5. The summed E-state index contributed by atoms with van der Waals surface area (Å²) in [6.07, 6.45) is 1.95. The Labute approximate surface area is 111 Å². The quantitative estimate of drug-likeness (QED) is 0.856. The van der Waals surface area contributed by atoms with E-state index in [9.17, 15) is 4.79 Å². The Hall–Kier alpha value is -1.46. The molecule has 0 aliphatic carbocycles. The minimum Gasteiger partial charge on any atom is -0.454 e. The van der Waals surface area contributed by atoms with Crippen LogP contribution in [0.2, 0.25) is 0 Å². The van der Waals surface area contributed by atoms with E-state index in [0.717, 1.165) is 30.8 Å². The maximum Gasteiger partial charge on any atom is 0.241 e. The third kappa shape index (κ3) is 2.52. The maximum absolute atomic E-state index is 11.9. The number of halogens is 1. The summed E-state index contributed by atoms with van der Waals surface area (Å²) in [5.74, 6) is 1.42. The summed E-state index contributed by atoms with van der Waals surface area (Å²) in [6.45, 7) is 1.16. The highest BCUT2D eigenvalue weighted by Gasteiger charge is 2.22. The van der Waals surface area contributed by atoms with Gasteiger partial charge in [0.2, 0.25) is 12.7 Å². The van der Waals surface area contributed by atoms with Crippen LogP contribution in [0.4, 0.5) is 5.69 Å². The van der Waals surface area contributed by atoms with E-state index < -0.39 is 0 Å². The fourth-order valence-corrected chi connectivity index (χ4v) is 2.11. The van der Waals surface area contributed by atoms with E-state index in [0.29, 0.717) is 5.75 Å². The Morgan fingerprint density at radius 2 is 2.17 bits per heavy atom. The second-order valence-electron chi connectivity index (χ2n) is 4.21. The molecule has 1 fully saturated rings. The molecule has 6 heteroatoms. The third-order valence-electron chi connectivity index (χ3n) is 3.02. The van der Waals surface area contributed by atoms with Gasteiger partial charge in [-0.25, -0.2) is 0 Å². The Morgan fingerprint density at radius 3 is 2.94 bits per heavy atom. The SMILES string of the molecule is Cl.O=C(Nc1ccc2c(c1)OCO2)C1CCCN1. The summed E-state index contributed by atoms with van der Waals surface area (Å²) in [5, 5.41) is 6.04. The number of carbonyl (C=O) groups excluding carboxylic acids is 1. The molecule has 0 aromatic heterocycles. The van der Waals surface area contributed by atoms with Crippen molar-refractivity contribution in [1.29, 1.82) is 0 Å². The van der Waals surface area contributed by atoms with E-state index in [2.05, 4.69) is 10.6 Å². The lowest BCUT2D eigenvalue weighted by molar-refractivity contribution is -0.117. The minimum atomic E-state index is -0.0691. The zero-order valence-corrected chi connectivity index (χ0v) is 10.6. The Kier molecular flexibility index (Phi) is 3.93. The maximum atomic E-state index is 11.9. The molecule has 2 aliphatic rings. The van der Waals surface area contributed by atoms with Crippen molar-refractivity contribution in [2.75, 3.05) is 18.7 Å². The molecule has 18 heavy (non-hydrogen) atoms. The molecule has 98 valence electrons. The van der Waals surface area contributed by atoms with Crippen molar-refractivity contribution in [1.82, 2.24) is 5.32 Å². The highest BCUT2D eigenvalue weighted by molar-refractivity contribution is 5.95. The zero-order chi connectivity index (χ0) is 11.7. The molecular weight excluding hydrogens is 256 g/mol. The van der Waals surface area contributed by atoms with E-state index >= 15 is 0 Å². The highest BCUT2D eigenvalue weighted by Crippen LogP contribution is 2.34. The first kappa shape index (κ1) is 13.0. The van der Waals surface area contributed by atoms with Crippen molar-refractivity contribution in [3.8, 4) is 11.5 Å². The van der Waals surface area contributed by atoms with Crippen LogP contribution in [-0.2, 0) is 4.79 Å².